The van der Waals surface area contributed by atoms with Gasteiger partial charge in [-0.05, 0) is 0 Å². The molecule has 0 aromatic heterocycles. The maximum Gasteiger partial charge on any atom is -1.00 e. The van der Waals surface area contributed by atoms with Crippen molar-refractivity contribution in [3.05, 3.63) is 82.1 Å². The molecule has 4 heteroatoms. The molecule has 0 N–H and O–H groups in total. The molecule has 1 heterocycles. The van der Waals surface area contributed by atoms with Crippen molar-refractivity contribution < 1.29 is 48.0 Å². The Morgan fingerprint density at radius 1 is 0.897 bits per heavy atom. The van der Waals surface area contributed by atoms with E-state index in [1.165, 1.54) is 18.4 Å². The maximum absolute atomic E-state index is 2.59. The quantitative estimate of drug-likeness (QED) is 0.522. The first-order chi connectivity index (χ1) is 13.0. The minimum absolute atomic E-state index is 0. The van der Waals surface area contributed by atoms with Crippen molar-refractivity contribution >= 4 is 19.3 Å². The van der Waals surface area contributed by atoms with E-state index in [0.29, 0.717) is 9.04 Å². The SMILES string of the molecule is CC[C](CC)([Zr+2][CH]1C2=C(c3ccccc31)[Si]2(C)C)C1C=Cc2ccccc21.[Cl-].[Cl-]. The van der Waals surface area contributed by atoms with E-state index >= 15 is 0 Å². The van der Waals surface area contributed by atoms with Gasteiger partial charge in [-0.1, -0.05) is 0 Å². The Kier molecular flexibility index (Phi) is 6.63. The average Bonchev–Trinajstić information content (AvgIpc) is 3.02. The van der Waals surface area contributed by atoms with Gasteiger partial charge in [-0.15, -0.1) is 0 Å². The van der Waals surface area contributed by atoms with Crippen molar-refractivity contribution in [2.45, 2.75) is 52.4 Å². The average molecular weight is 519 g/mol. The molecule has 1 aliphatic heterocycles. The monoisotopic (exact) mass is 516 g/mol. The summed E-state index contributed by atoms with van der Waals surface area (Å²) in [6.45, 7) is 10.1. The van der Waals surface area contributed by atoms with E-state index in [1.54, 1.807) is 16.7 Å². The summed E-state index contributed by atoms with van der Waals surface area (Å²) < 4.78 is 1.35. The molecule has 5 rings (SSSR count). The molecule has 2 atom stereocenters. The van der Waals surface area contributed by atoms with Crippen LogP contribution in [0.25, 0.3) is 11.3 Å². The molecular formula is C25H28Cl2SiZr. The van der Waals surface area contributed by atoms with Crippen LogP contribution < -0.4 is 24.8 Å². The second kappa shape index (κ2) is 8.27. The molecule has 0 bridgehead atoms. The number of rotatable bonds is 5. The van der Waals surface area contributed by atoms with Crippen LogP contribution in [0.5, 0.6) is 0 Å². The number of allylic oxidation sites excluding steroid dienone is 2. The summed E-state index contributed by atoms with van der Waals surface area (Å²) in [5.41, 5.74) is 6.39. The van der Waals surface area contributed by atoms with Crippen LogP contribution >= 0.6 is 0 Å². The number of benzene rings is 2. The summed E-state index contributed by atoms with van der Waals surface area (Å²) in [6, 6.07) is 18.5. The van der Waals surface area contributed by atoms with Gasteiger partial charge >= 0.3 is 177 Å². The van der Waals surface area contributed by atoms with Gasteiger partial charge in [0.2, 0.25) is 0 Å². The molecular weight excluding hydrogens is 490 g/mol. The third-order valence-electron chi connectivity index (χ3n) is 7.42. The van der Waals surface area contributed by atoms with Crippen LogP contribution in [0.1, 0.15) is 58.5 Å². The van der Waals surface area contributed by atoms with E-state index in [4.69, 9.17) is 0 Å². The first-order valence-electron chi connectivity index (χ1n) is 10.4. The minimum Gasteiger partial charge on any atom is -1.00 e. The van der Waals surface area contributed by atoms with E-state index in [9.17, 15) is 0 Å². The van der Waals surface area contributed by atoms with Gasteiger partial charge in [-0.2, -0.15) is 0 Å². The van der Waals surface area contributed by atoms with Crippen molar-refractivity contribution in [2.75, 3.05) is 0 Å². The molecule has 29 heavy (non-hydrogen) atoms. The van der Waals surface area contributed by atoms with Gasteiger partial charge in [0, 0.05) is 0 Å². The largest absolute Gasteiger partial charge is 1.00 e. The Bertz CT molecular complexity index is 988. The molecule has 0 nitrogen and oxygen atoms in total. The zero-order valence-corrected chi connectivity index (χ0v) is 22.6. The van der Waals surface area contributed by atoms with Crippen molar-refractivity contribution in [3.63, 3.8) is 0 Å². The van der Waals surface area contributed by atoms with Crippen LogP contribution in [0.15, 0.2) is 59.8 Å². The van der Waals surface area contributed by atoms with E-state index < -0.39 is 31.3 Å². The predicted molar refractivity (Wildman–Crippen MR) is 115 cm³/mol. The Hall–Kier alpha value is -0.400. The molecule has 0 radical (unpaired) electrons. The summed E-state index contributed by atoms with van der Waals surface area (Å²) in [7, 11) is -1.20. The molecule has 0 saturated carbocycles. The standard InChI is InChI=1S/C14H17.C11H11Si.2ClH.Zr/c1-3-11(4-2)14-10-9-12-7-5-6-8-13(12)14;1-12(2)10-7-8-5-3-4-6-9(8)11(10)12;;;/h5-10,14H,3-4H2,1-2H3;3-7H,1-2H3;2*1H;/q;;;;+2/p-2. The molecule has 0 amide bonds. The van der Waals surface area contributed by atoms with E-state index in [-0.39, 0.29) is 24.8 Å². The fourth-order valence-corrected chi connectivity index (χ4v) is 18.2. The van der Waals surface area contributed by atoms with E-state index in [0.717, 1.165) is 3.63 Å². The zero-order chi connectivity index (χ0) is 18.8. The second-order valence-electron chi connectivity index (χ2n) is 8.91. The number of fused-ring (bicyclic) bond motifs is 3. The third-order valence-corrected chi connectivity index (χ3v) is 17.7. The van der Waals surface area contributed by atoms with Crippen molar-refractivity contribution in [2.24, 2.45) is 0 Å². The molecule has 0 spiro atoms. The summed E-state index contributed by atoms with van der Waals surface area (Å²) in [4.78, 5) is 0. The first-order valence-corrected chi connectivity index (χ1v) is 16.1. The van der Waals surface area contributed by atoms with Crippen LogP contribution in [0, 0.1) is 0 Å². The molecule has 0 fully saturated rings. The van der Waals surface area contributed by atoms with Gasteiger partial charge in [-0.3, -0.25) is 0 Å². The van der Waals surface area contributed by atoms with Crippen LogP contribution in [0.4, 0.5) is 0 Å². The van der Waals surface area contributed by atoms with Crippen LogP contribution in [0.2, 0.25) is 16.2 Å². The fourth-order valence-electron chi connectivity index (χ4n) is 5.77. The summed E-state index contributed by atoms with van der Waals surface area (Å²) >= 11 is -0.698. The summed E-state index contributed by atoms with van der Waals surface area (Å²) in [6.07, 6.45) is 7.58. The third kappa shape index (κ3) is 3.34. The maximum atomic E-state index is 2.59. The molecule has 3 aliphatic rings. The van der Waals surface area contributed by atoms with Gasteiger partial charge in [0.15, 0.2) is 0 Å². The van der Waals surface area contributed by atoms with Crippen molar-refractivity contribution in [1.82, 2.24) is 0 Å². The number of hydrogen-bond donors (Lipinski definition) is 0. The number of halogens is 2. The van der Waals surface area contributed by atoms with Crippen molar-refractivity contribution in [3.8, 4) is 0 Å². The first kappa shape index (κ1) is 23.3. The van der Waals surface area contributed by atoms with Gasteiger partial charge < -0.3 is 24.8 Å². The molecule has 2 unspecified atom stereocenters. The Labute approximate surface area is 200 Å². The molecule has 2 aromatic carbocycles. The summed E-state index contributed by atoms with van der Waals surface area (Å²) in [5, 5.41) is 3.77. The second-order valence-corrected chi connectivity index (χ2v) is 17.8. The van der Waals surface area contributed by atoms with Crippen molar-refractivity contribution in [1.29, 1.82) is 0 Å². The Balaban J connectivity index is 0.00000120. The van der Waals surface area contributed by atoms with Gasteiger partial charge in [0.25, 0.3) is 0 Å². The molecule has 2 aromatic rings. The molecule has 150 valence electrons. The zero-order valence-electron chi connectivity index (χ0n) is 17.6. The van der Waals surface area contributed by atoms with Crippen LogP contribution in [0.3, 0.4) is 0 Å². The van der Waals surface area contributed by atoms with Crippen LogP contribution in [-0.4, -0.2) is 8.07 Å². The van der Waals surface area contributed by atoms with E-state index in [2.05, 4.69) is 87.6 Å². The predicted octanol–water partition coefficient (Wildman–Crippen LogP) is 1.18. The van der Waals surface area contributed by atoms with Gasteiger partial charge in [-0.25, -0.2) is 0 Å². The Morgan fingerprint density at radius 3 is 2.21 bits per heavy atom. The number of hydrogen-bond acceptors (Lipinski definition) is 0. The minimum atomic E-state index is -1.20. The topological polar surface area (TPSA) is 0 Å². The smallest absolute Gasteiger partial charge is 1.00 e. The van der Waals surface area contributed by atoms with Gasteiger partial charge in [0.1, 0.15) is 0 Å². The van der Waals surface area contributed by atoms with Gasteiger partial charge in [0.05, 0.1) is 0 Å². The normalized spacial score (nSPS) is 22.1. The van der Waals surface area contributed by atoms with Crippen LogP contribution in [-0.2, 0) is 23.2 Å². The summed E-state index contributed by atoms with van der Waals surface area (Å²) in [5.74, 6) is 0.635. The Morgan fingerprint density at radius 2 is 1.52 bits per heavy atom. The van der Waals surface area contributed by atoms with E-state index in [1.807, 2.05) is 10.4 Å². The molecule has 2 aliphatic carbocycles. The molecule has 0 saturated heterocycles. The fraction of sp³-hybridized carbons (Fsp3) is 0.360.